The highest BCUT2D eigenvalue weighted by Crippen LogP contribution is 2.10. The lowest BCUT2D eigenvalue weighted by Crippen LogP contribution is -2.35. The number of ether oxygens (including phenoxy) is 1. The Balaban J connectivity index is 1.49. The third-order valence-electron chi connectivity index (χ3n) is 4.48. The highest BCUT2D eigenvalue weighted by molar-refractivity contribution is 5.77. The van der Waals surface area contributed by atoms with Crippen molar-refractivity contribution < 1.29 is 9.53 Å². The van der Waals surface area contributed by atoms with Crippen LogP contribution < -0.4 is 16.6 Å². The molecule has 0 spiro atoms. The molecule has 3 rings (SSSR count). The Morgan fingerprint density at radius 2 is 2.12 bits per heavy atom. The molecule has 1 aliphatic heterocycles. The fraction of sp³-hybridized carbons (Fsp3) is 0.500. The summed E-state index contributed by atoms with van der Waals surface area (Å²) in [4.78, 5) is 39.0. The summed E-state index contributed by atoms with van der Waals surface area (Å²) < 4.78 is 6.66. The van der Waals surface area contributed by atoms with Gasteiger partial charge in [-0.05, 0) is 37.8 Å². The molecule has 2 aromatic rings. The Bertz CT molecular complexity index is 849. The average Bonchev–Trinajstić information content (AvgIpc) is 3.12. The Kier molecular flexibility index (Phi) is 5.65. The number of unbranched alkanes of at least 4 members (excludes halogenated alkanes) is 1. The molecule has 1 atom stereocenters. The molecular weight excluding hydrogens is 322 g/mol. The number of fused-ring (bicyclic) bond motifs is 1. The van der Waals surface area contributed by atoms with Gasteiger partial charge in [-0.3, -0.25) is 14.2 Å². The van der Waals surface area contributed by atoms with E-state index in [2.05, 4.69) is 10.3 Å². The Morgan fingerprint density at radius 3 is 2.92 bits per heavy atom. The molecule has 1 aromatic carbocycles. The zero-order valence-corrected chi connectivity index (χ0v) is 14.1. The minimum Gasteiger partial charge on any atom is -0.376 e. The molecule has 0 bridgehead atoms. The maximum atomic E-state index is 12.4. The number of nitrogens with one attached hydrogen (secondary N) is 2. The number of H-pyrrole nitrogens is 1. The number of rotatable bonds is 7. The SMILES string of the molecule is O=C(CCCCn1c(=O)[nH]c2ccccc2c1=O)NCC1CCCO1. The van der Waals surface area contributed by atoms with Crippen LogP contribution >= 0.6 is 0 Å². The van der Waals surface area contributed by atoms with E-state index < -0.39 is 5.69 Å². The third kappa shape index (κ3) is 4.36. The number of carbonyl (C=O) groups excluding carboxylic acids is 1. The van der Waals surface area contributed by atoms with Gasteiger partial charge in [-0.25, -0.2) is 4.79 Å². The Hall–Kier alpha value is -2.41. The topological polar surface area (TPSA) is 93.2 Å². The number of benzene rings is 1. The molecule has 134 valence electrons. The number of para-hydroxylation sites is 1. The standard InChI is InChI=1S/C18H23N3O4/c22-16(19-12-13-6-5-11-25-13)9-3-4-10-21-17(23)14-7-1-2-8-15(14)20-18(21)24/h1-2,7-8,13H,3-6,9-12H2,(H,19,22)(H,20,24). The van der Waals surface area contributed by atoms with Crippen LogP contribution in [0.4, 0.5) is 0 Å². The van der Waals surface area contributed by atoms with Gasteiger partial charge in [-0.1, -0.05) is 12.1 Å². The third-order valence-corrected chi connectivity index (χ3v) is 4.48. The van der Waals surface area contributed by atoms with Crippen molar-refractivity contribution >= 4 is 16.8 Å². The first-order valence-electron chi connectivity index (χ1n) is 8.75. The van der Waals surface area contributed by atoms with Crippen molar-refractivity contribution in [2.45, 2.75) is 44.8 Å². The van der Waals surface area contributed by atoms with E-state index in [4.69, 9.17) is 4.74 Å². The van der Waals surface area contributed by atoms with Crippen LogP contribution in [0.15, 0.2) is 33.9 Å². The summed E-state index contributed by atoms with van der Waals surface area (Å²) in [7, 11) is 0. The molecule has 1 aromatic heterocycles. The summed E-state index contributed by atoms with van der Waals surface area (Å²) in [6, 6.07) is 6.95. The van der Waals surface area contributed by atoms with Crippen LogP contribution in [0.3, 0.4) is 0 Å². The second kappa shape index (κ2) is 8.11. The van der Waals surface area contributed by atoms with E-state index in [-0.39, 0.29) is 17.6 Å². The van der Waals surface area contributed by atoms with Crippen molar-refractivity contribution in [1.82, 2.24) is 14.9 Å². The van der Waals surface area contributed by atoms with Crippen LogP contribution in [-0.4, -0.2) is 34.7 Å². The summed E-state index contributed by atoms with van der Waals surface area (Å²) >= 11 is 0. The molecular formula is C18H23N3O4. The molecule has 1 amide bonds. The fourth-order valence-corrected chi connectivity index (χ4v) is 3.08. The second-order valence-corrected chi connectivity index (χ2v) is 6.33. The maximum Gasteiger partial charge on any atom is 0.328 e. The van der Waals surface area contributed by atoms with E-state index >= 15 is 0 Å². The summed E-state index contributed by atoms with van der Waals surface area (Å²) in [5.41, 5.74) is -0.157. The van der Waals surface area contributed by atoms with Crippen LogP contribution in [0.25, 0.3) is 10.9 Å². The van der Waals surface area contributed by atoms with Crippen LogP contribution in [0.2, 0.25) is 0 Å². The van der Waals surface area contributed by atoms with Gasteiger partial charge in [0, 0.05) is 26.1 Å². The molecule has 7 heteroatoms. The van der Waals surface area contributed by atoms with E-state index in [1.54, 1.807) is 24.3 Å². The number of hydrogen-bond donors (Lipinski definition) is 2. The monoisotopic (exact) mass is 345 g/mol. The molecule has 1 unspecified atom stereocenters. The lowest BCUT2D eigenvalue weighted by molar-refractivity contribution is -0.121. The number of carbonyl (C=O) groups is 1. The van der Waals surface area contributed by atoms with E-state index in [9.17, 15) is 14.4 Å². The molecule has 2 heterocycles. The van der Waals surface area contributed by atoms with Crippen LogP contribution in [0.5, 0.6) is 0 Å². The lowest BCUT2D eigenvalue weighted by Gasteiger charge is -2.10. The average molecular weight is 345 g/mol. The molecule has 0 saturated carbocycles. The van der Waals surface area contributed by atoms with Gasteiger partial charge in [-0.15, -0.1) is 0 Å². The van der Waals surface area contributed by atoms with Gasteiger partial charge < -0.3 is 15.0 Å². The number of amides is 1. The predicted octanol–water partition coefficient (Wildman–Crippen LogP) is 1.16. The zero-order chi connectivity index (χ0) is 17.6. The quantitative estimate of drug-likeness (QED) is 0.736. The van der Waals surface area contributed by atoms with Crippen molar-refractivity contribution in [2.24, 2.45) is 0 Å². The summed E-state index contributed by atoms with van der Waals surface area (Å²) in [5, 5.41) is 3.37. The predicted molar refractivity (Wildman–Crippen MR) is 94.7 cm³/mol. The number of aromatic amines is 1. The number of aromatic nitrogens is 2. The van der Waals surface area contributed by atoms with Gasteiger partial charge in [0.25, 0.3) is 5.56 Å². The van der Waals surface area contributed by atoms with Gasteiger partial charge in [0.15, 0.2) is 0 Å². The minimum absolute atomic E-state index is 0.0183. The van der Waals surface area contributed by atoms with Gasteiger partial charge >= 0.3 is 5.69 Å². The largest absolute Gasteiger partial charge is 0.376 e. The second-order valence-electron chi connectivity index (χ2n) is 6.33. The van der Waals surface area contributed by atoms with Gasteiger partial charge in [0.05, 0.1) is 17.0 Å². The van der Waals surface area contributed by atoms with E-state index in [0.29, 0.717) is 43.3 Å². The lowest BCUT2D eigenvalue weighted by atomic mass is 10.2. The molecule has 2 N–H and O–H groups in total. The van der Waals surface area contributed by atoms with Crippen molar-refractivity contribution in [1.29, 1.82) is 0 Å². The molecule has 1 aliphatic rings. The molecule has 25 heavy (non-hydrogen) atoms. The summed E-state index contributed by atoms with van der Waals surface area (Å²) in [6.45, 7) is 1.64. The minimum atomic E-state index is -0.411. The van der Waals surface area contributed by atoms with E-state index in [1.807, 2.05) is 0 Å². The summed E-state index contributed by atoms with van der Waals surface area (Å²) in [6.07, 6.45) is 3.78. The smallest absolute Gasteiger partial charge is 0.328 e. The Morgan fingerprint density at radius 1 is 1.28 bits per heavy atom. The first kappa shape index (κ1) is 17.4. The van der Waals surface area contributed by atoms with E-state index in [0.717, 1.165) is 19.4 Å². The Labute approximate surface area is 145 Å². The molecule has 1 saturated heterocycles. The van der Waals surface area contributed by atoms with Crippen LogP contribution in [-0.2, 0) is 16.1 Å². The molecule has 7 nitrogen and oxygen atoms in total. The van der Waals surface area contributed by atoms with Crippen molar-refractivity contribution in [2.75, 3.05) is 13.2 Å². The van der Waals surface area contributed by atoms with Gasteiger partial charge in [0.2, 0.25) is 5.91 Å². The summed E-state index contributed by atoms with van der Waals surface area (Å²) in [5.74, 6) is -0.0183. The first-order chi connectivity index (χ1) is 12.1. The molecule has 0 aliphatic carbocycles. The number of nitrogens with zero attached hydrogens (tertiary/aromatic N) is 1. The van der Waals surface area contributed by atoms with Crippen molar-refractivity contribution in [3.05, 3.63) is 45.1 Å². The number of hydrogen-bond acceptors (Lipinski definition) is 4. The van der Waals surface area contributed by atoms with Crippen LogP contribution in [0, 0.1) is 0 Å². The fourth-order valence-electron chi connectivity index (χ4n) is 3.08. The normalized spacial score (nSPS) is 17.0. The van der Waals surface area contributed by atoms with Gasteiger partial charge in [0.1, 0.15) is 0 Å². The van der Waals surface area contributed by atoms with Crippen molar-refractivity contribution in [3.8, 4) is 0 Å². The van der Waals surface area contributed by atoms with E-state index in [1.165, 1.54) is 4.57 Å². The molecule has 0 radical (unpaired) electrons. The highest BCUT2D eigenvalue weighted by atomic mass is 16.5. The van der Waals surface area contributed by atoms with Gasteiger partial charge in [-0.2, -0.15) is 0 Å². The zero-order valence-electron chi connectivity index (χ0n) is 14.1. The highest BCUT2D eigenvalue weighted by Gasteiger charge is 2.16. The van der Waals surface area contributed by atoms with Crippen molar-refractivity contribution in [3.63, 3.8) is 0 Å². The van der Waals surface area contributed by atoms with Crippen LogP contribution in [0.1, 0.15) is 32.1 Å². The molecule has 1 fully saturated rings. The maximum absolute atomic E-state index is 12.4. The first-order valence-corrected chi connectivity index (χ1v) is 8.75.